The van der Waals surface area contributed by atoms with Gasteiger partial charge in [-0.05, 0) is 49.7 Å². The number of nitrogens with zero attached hydrogens (tertiary/aromatic N) is 3. The maximum Gasteiger partial charge on any atom is 0.238 e. The third-order valence-electron chi connectivity index (χ3n) is 6.15. The number of rotatable bonds is 6. The van der Waals surface area contributed by atoms with Gasteiger partial charge in [-0.1, -0.05) is 17.7 Å². The Labute approximate surface area is 192 Å². The number of piperidine rings is 1. The number of hydrogen-bond donors (Lipinski definition) is 2. The molecule has 1 aromatic carbocycles. The van der Waals surface area contributed by atoms with Crippen molar-refractivity contribution in [2.45, 2.75) is 18.3 Å². The highest BCUT2D eigenvalue weighted by Gasteiger charge is 2.43. The van der Waals surface area contributed by atoms with Gasteiger partial charge in [0.05, 0.1) is 36.2 Å². The average molecular weight is 458 g/mol. The summed E-state index contributed by atoms with van der Waals surface area (Å²) in [5.74, 6) is -0.576. The molecule has 2 aliphatic heterocycles. The normalized spacial score (nSPS) is 21.8. The monoisotopic (exact) mass is 457 g/mol. The van der Waals surface area contributed by atoms with Crippen LogP contribution in [0.25, 0.3) is 0 Å². The van der Waals surface area contributed by atoms with E-state index >= 15 is 0 Å². The highest BCUT2D eigenvalue weighted by molar-refractivity contribution is 6.33. The van der Waals surface area contributed by atoms with E-state index < -0.39 is 11.3 Å². The van der Waals surface area contributed by atoms with Crippen molar-refractivity contribution in [3.05, 3.63) is 53.3 Å². The Bertz CT molecular complexity index is 967. The summed E-state index contributed by atoms with van der Waals surface area (Å²) < 4.78 is 5.39. The molecule has 0 spiro atoms. The van der Waals surface area contributed by atoms with E-state index in [0.717, 1.165) is 25.2 Å². The second-order valence-corrected chi connectivity index (χ2v) is 8.70. The van der Waals surface area contributed by atoms with Crippen LogP contribution >= 0.6 is 11.6 Å². The van der Waals surface area contributed by atoms with E-state index in [0.29, 0.717) is 49.1 Å². The molecule has 2 aliphatic rings. The highest BCUT2D eigenvalue weighted by Crippen LogP contribution is 2.33. The van der Waals surface area contributed by atoms with Gasteiger partial charge >= 0.3 is 0 Å². The molecule has 2 amide bonds. The van der Waals surface area contributed by atoms with Crippen molar-refractivity contribution in [3.8, 4) is 0 Å². The summed E-state index contributed by atoms with van der Waals surface area (Å²) in [4.78, 5) is 33.7. The zero-order chi connectivity index (χ0) is 22.6. The van der Waals surface area contributed by atoms with Crippen molar-refractivity contribution < 1.29 is 14.3 Å². The van der Waals surface area contributed by atoms with E-state index in [-0.39, 0.29) is 12.5 Å². The number of ether oxygens (including phenoxy) is 1. The number of carbonyl (C=O) groups excluding carboxylic acids is 2. The van der Waals surface area contributed by atoms with Crippen LogP contribution in [-0.2, 0) is 19.7 Å². The van der Waals surface area contributed by atoms with E-state index in [1.54, 1.807) is 12.3 Å². The van der Waals surface area contributed by atoms with E-state index in [4.69, 9.17) is 22.1 Å². The molecule has 0 radical (unpaired) electrons. The summed E-state index contributed by atoms with van der Waals surface area (Å²) >= 11 is 6.48. The quantitative estimate of drug-likeness (QED) is 0.688. The molecule has 2 saturated heterocycles. The summed E-state index contributed by atoms with van der Waals surface area (Å²) in [5, 5.41) is 3.50. The van der Waals surface area contributed by atoms with Gasteiger partial charge in [0, 0.05) is 31.5 Å². The van der Waals surface area contributed by atoms with Gasteiger partial charge in [-0.25, -0.2) is 0 Å². The molecule has 1 aromatic heterocycles. The molecule has 2 aromatic rings. The van der Waals surface area contributed by atoms with Crippen LogP contribution in [0.15, 0.2) is 42.6 Å². The van der Waals surface area contributed by atoms with Gasteiger partial charge < -0.3 is 20.7 Å². The molecule has 170 valence electrons. The van der Waals surface area contributed by atoms with Crippen LogP contribution in [0.2, 0.25) is 5.02 Å². The van der Waals surface area contributed by atoms with E-state index in [2.05, 4.69) is 15.2 Å². The maximum absolute atomic E-state index is 12.7. The van der Waals surface area contributed by atoms with E-state index in [9.17, 15) is 9.59 Å². The Morgan fingerprint density at radius 3 is 2.69 bits per heavy atom. The number of carbonyl (C=O) groups is 2. The topological polar surface area (TPSA) is 101 Å². The number of benzene rings is 1. The van der Waals surface area contributed by atoms with Gasteiger partial charge in [-0.3, -0.25) is 19.5 Å². The third kappa shape index (κ3) is 4.87. The fourth-order valence-corrected chi connectivity index (χ4v) is 4.81. The number of likely N-dealkylation sites (tertiary alicyclic amines) is 1. The minimum absolute atomic E-state index is 0.157. The van der Waals surface area contributed by atoms with Crippen LogP contribution in [-0.4, -0.2) is 67.6 Å². The lowest BCUT2D eigenvalue weighted by atomic mass is 9.76. The number of aromatic nitrogens is 1. The lowest BCUT2D eigenvalue weighted by molar-refractivity contribution is -0.127. The van der Waals surface area contributed by atoms with Crippen LogP contribution in [0.5, 0.6) is 0 Å². The first-order chi connectivity index (χ1) is 15.5. The summed E-state index contributed by atoms with van der Waals surface area (Å²) in [7, 11) is 0. The minimum Gasteiger partial charge on any atom is -0.378 e. The van der Waals surface area contributed by atoms with E-state index in [1.165, 1.54) is 0 Å². The zero-order valence-corrected chi connectivity index (χ0v) is 18.7. The Kier molecular flexibility index (Phi) is 6.93. The van der Waals surface area contributed by atoms with Gasteiger partial charge in [-0.2, -0.15) is 0 Å². The smallest absolute Gasteiger partial charge is 0.238 e. The fraction of sp³-hybridized carbons (Fsp3) is 0.435. The minimum atomic E-state index is -0.886. The van der Waals surface area contributed by atoms with Crippen LogP contribution in [0.4, 0.5) is 11.4 Å². The Morgan fingerprint density at radius 1 is 1.19 bits per heavy atom. The van der Waals surface area contributed by atoms with Gasteiger partial charge in [0.1, 0.15) is 5.41 Å². The number of pyridine rings is 1. The molecule has 3 heterocycles. The van der Waals surface area contributed by atoms with Gasteiger partial charge in [0.25, 0.3) is 0 Å². The first-order valence-corrected chi connectivity index (χ1v) is 11.2. The number of anilines is 2. The highest BCUT2D eigenvalue weighted by atomic mass is 35.5. The number of primary amides is 1. The molecule has 0 aliphatic carbocycles. The van der Waals surface area contributed by atoms with Gasteiger partial charge in [-0.15, -0.1) is 0 Å². The van der Waals surface area contributed by atoms with Crippen LogP contribution in [0.3, 0.4) is 0 Å². The number of morpholine rings is 1. The van der Waals surface area contributed by atoms with Crippen molar-refractivity contribution in [2.24, 2.45) is 5.73 Å². The summed E-state index contributed by atoms with van der Waals surface area (Å²) in [6.07, 6.45) is 3.04. The lowest BCUT2D eigenvalue weighted by Gasteiger charge is -2.40. The van der Waals surface area contributed by atoms with E-state index in [1.807, 2.05) is 35.2 Å². The molecule has 8 nitrogen and oxygen atoms in total. The molecule has 9 heteroatoms. The molecular formula is C23H28ClN5O3. The van der Waals surface area contributed by atoms with Crippen LogP contribution in [0.1, 0.15) is 18.5 Å². The lowest BCUT2D eigenvalue weighted by Crippen LogP contribution is -2.55. The molecule has 0 bridgehead atoms. The Balaban J connectivity index is 1.40. The van der Waals surface area contributed by atoms with Crippen molar-refractivity contribution in [1.29, 1.82) is 0 Å². The molecule has 0 saturated carbocycles. The molecule has 32 heavy (non-hydrogen) atoms. The second-order valence-electron chi connectivity index (χ2n) is 8.29. The average Bonchev–Trinajstić information content (AvgIpc) is 2.80. The molecular weight excluding hydrogens is 430 g/mol. The number of hydrogen-bond acceptors (Lipinski definition) is 6. The SMILES string of the molecule is NC(=O)[C@@]1(c2ccccn2)CCCN(CC(=O)Nc2ccc(N3CCOCC3)c(Cl)c2)C1. The molecule has 2 fully saturated rings. The first-order valence-electron chi connectivity index (χ1n) is 10.8. The Hall–Kier alpha value is -2.68. The van der Waals surface area contributed by atoms with Crippen molar-refractivity contribution >= 4 is 34.8 Å². The summed E-state index contributed by atoms with van der Waals surface area (Å²) in [5.41, 5.74) is 7.15. The first kappa shape index (κ1) is 22.5. The number of nitrogens with two attached hydrogens (primary N) is 1. The third-order valence-corrected chi connectivity index (χ3v) is 6.45. The maximum atomic E-state index is 12.7. The second kappa shape index (κ2) is 9.85. The van der Waals surface area contributed by atoms with Gasteiger partial charge in [0.2, 0.25) is 11.8 Å². The standard InChI is InChI=1S/C23H28ClN5O3/c24-18-14-17(5-6-19(18)29-10-12-32-13-11-29)27-21(30)15-28-9-3-7-23(16-28,22(25)31)20-4-1-2-8-26-20/h1-2,4-6,8,14H,3,7,9-13,15-16H2,(H2,25,31)(H,27,30)/t23-/m0/s1. The number of nitrogens with one attached hydrogen (secondary N) is 1. The van der Waals surface area contributed by atoms with Crippen LogP contribution in [0, 0.1) is 0 Å². The largest absolute Gasteiger partial charge is 0.378 e. The molecule has 1 atom stereocenters. The van der Waals surface area contributed by atoms with Gasteiger partial charge in [0.15, 0.2) is 0 Å². The summed E-state index contributed by atoms with van der Waals surface area (Å²) in [6, 6.07) is 11.0. The zero-order valence-electron chi connectivity index (χ0n) is 17.9. The molecule has 4 rings (SSSR count). The van der Waals surface area contributed by atoms with Crippen molar-refractivity contribution in [1.82, 2.24) is 9.88 Å². The van der Waals surface area contributed by atoms with Crippen molar-refractivity contribution in [2.75, 3.05) is 56.2 Å². The molecule has 3 N–H and O–H groups in total. The Morgan fingerprint density at radius 2 is 2.00 bits per heavy atom. The molecule has 0 unspecified atom stereocenters. The predicted molar refractivity (Wildman–Crippen MR) is 124 cm³/mol. The summed E-state index contributed by atoms with van der Waals surface area (Å²) in [6.45, 7) is 4.17. The number of amides is 2. The predicted octanol–water partition coefficient (Wildman–Crippen LogP) is 2.03. The fourth-order valence-electron chi connectivity index (χ4n) is 4.51. The number of halogens is 1. The van der Waals surface area contributed by atoms with Crippen LogP contribution < -0.4 is 16.0 Å². The van der Waals surface area contributed by atoms with Crippen molar-refractivity contribution in [3.63, 3.8) is 0 Å².